The number of carbonyl (C=O) groups excluding carboxylic acids is 2. The van der Waals surface area contributed by atoms with Crippen LogP contribution in [0.25, 0.3) is 10.2 Å². The van der Waals surface area contributed by atoms with Crippen LogP contribution in [0.3, 0.4) is 0 Å². The van der Waals surface area contributed by atoms with Gasteiger partial charge in [0.15, 0.2) is 0 Å². The molecule has 0 radical (unpaired) electrons. The number of rotatable bonds is 5. The number of likely N-dealkylation sites (tertiary alicyclic amines) is 1. The average molecular weight is 530 g/mol. The first-order chi connectivity index (χ1) is 16.0. The first kappa shape index (κ1) is 22.2. The number of hydrogen-bond acceptors (Lipinski definition) is 6. The van der Waals surface area contributed by atoms with Crippen molar-refractivity contribution >= 4 is 55.0 Å². The third-order valence-corrected chi connectivity index (χ3v) is 7.61. The van der Waals surface area contributed by atoms with E-state index in [2.05, 4.69) is 20.9 Å². The van der Waals surface area contributed by atoms with Gasteiger partial charge in [0.25, 0.3) is 5.19 Å². The minimum atomic E-state index is -0.298. The standard InChI is InChI=1S/C24H24BrN3O4S/c1-31-19-5-6-21-20(13-19)26-24(33-21)32-18-7-9-27(10-8-18)23(30)15-11-22(29)28(14-15)17-4-2-3-16(25)12-17/h2-6,12-13,15,18H,7-11,14H2,1H3. The highest BCUT2D eigenvalue weighted by atomic mass is 79.9. The molecule has 0 N–H and O–H groups in total. The Hall–Kier alpha value is -2.65. The molecule has 9 heteroatoms. The van der Waals surface area contributed by atoms with E-state index in [1.54, 1.807) is 12.0 Å². The average Bonchev–Trinajstić information content (AvgIpc) is 3.41. The van der Waals surface area contributed by atoms with Crippen molar-refractivity contribution in [3.8, 4) is 10.9 Å². The van der Waals surface area contributed by atoms with Crippen LogP contribution in [0.5, 0.6) is 10.9 Å². The summed E-state index contributed by atoms with van der Waals surface area (Å²) in [7, 11) is 1.64. The van der Waals surface area contributed by atoms with Crippen LogP contribution in [0.4, 0.5) is 5.69 Å². The van der Waals surface area contributed by atoms with Gasteiger partial charge in [-0.05, 0) is 30.3 Å². The molecule has 2 amide bonds. The Labute approximate surface area is 204 Å². The van der Waals surface area contributed by atoms with E-state index < -0.39 is 0 Å². The number of hydrogen-bond donors (Lipinski definition) is 0. The van der Waals surface area contributed by atoms with E-state index in [0.717, 1.165) is 39.0 Å². The lowest BCUT2D eigenvalue weighted by Crippen LogP contribution is -2.44. The number of fused-ring (bicyclic) bond motifs is 1. The van der Waals surface area contributed by atoms with Crippen molar-refractivity contribution in [2.24, 2.45) is 5.92 Å². The molecule has 2 saturated heterocycles. The van der Waals surface area contributed by atoms with Gasteiger partial charge in [0, 0.05) is 55.1 Å². The molecular weight excluding hydrogens is 506 g/mol. The maximum Gasteiger partial charge on any atom is 0.274 e. The first-order valence-electron chi connectivity index (χ1n) is 11.0. The maximum absolute atomic E-state index is 13.1. The molecule has 33 heavy (non-hydrogen) atoms. The SMILES string of the molecule is COc1ccc2sc(OC3CCN(C(=O)C4CC(=O)N(c5cccc(Br)c5)C4)CC3)nc2c1. The lowest BCUT2D eigenvalue weighted by Gasteiger charge is -2.33. The van der Waals surface area contributed by atoms with Gasteiger partial charge in [0.1, 0.15) is 11.9 Å². The highest BCUT2D eigenvalue weighted by Crippen LogP contribution is 2.33. The van der Waals surface area contributed by atoms with Gasteiger partial charge >= 0.3 is 0 Å². The van der Waals surface area contributed by atoms with Crippen molar-refractivity contribution in [1.82, 2.24) is 9.88 Å². The number of thiazole rings is 1. The van der Waals surface area contributed by atoms with Crippen molar-refractivity contribution in [1.29, 1.82) is 0 Å². The number of ether oxygens (including phenoxy) is 2. The van der Waals surface area contributed by atoms with Gasteiger partial charge < -0.3 is 19.3 Å². The van der Waals surface area contributed by atoms with E-state index in [0.29, 0.717) is 24.8 Å². The van der Waals surface area contributed by atoms with Crippen LogP contribution in [0.15, 0.2) is 46.9 Å². The molecule has 1 aromatic heterocycles. The Morgan fingerprint density at radius 3 is 2.76 bits per heavy atom. The number of halogens is 1. The smallest absolute Gasteiger partial charge is 0.274 e. The van der Waals surface area contributed by atoms with Crippen molar-refractivity contribution in [2.75, 3.05) is 31.6 Å². The van der Waals surface area contributed by atoms with Crippen LogP contribution in [-0.4, -0.2) is 54.5 Å². The minimum Gasteiger partial charge on any atom is -0.497 e. The van der Waals surface area contributed by atoms with Gasteiger partial charge in [-0.2, -0.15) is 0 Å². The summed E-state index contributed by atoms with van der Waals surface area (Å²) in [5.41, 5.74) is 1.69. The van der Waals surface area contributed by atoms with Crippen LogP contribution in [0.2, 0.25) is 0 Å². The molecule has 3 heterocycles. The van der Waals surface area contributed by atoms with E-state index in [1.165, 1.54) is 11.3 Å². The van der Waals surface area contributed by atoms with Crippen molar-refractivity contribution < 1.29 is 19.1 Å². The molecule has 0 spiro atoms. The lowest BCUT2D eigenvalue weighted by molar-refractivity contribution is -0.137. The number of carbonyl (C=O) groups is 2. The number of nitrogens with zero attached hydrogens (tertiary/aromatic N) is 3. The van der Waals surface area contributed by atoms with Gasteiger partial charge in [0.2, 0.25) is 11.8 Å². The summed E-state index contributed by atoms with van der Waals surface area (Å²) < 4.78 is 13.4. The fraction of sp³-hybridized carbons (Fsp3) is 0.375. The van der Waals surface area contributed by atoms with Gasteiger partial charge in [-0.1, -0.05) is 33.3 Å². The number of aromatic nitrogens is 1. The van der Waals surface area contributed by atoms with Crippen LogP contribution in [-0.2, 0) is 9.59 Å². The molecule has 3 aromatic rings. The largest absolute Gasteiger partial charge is 0.497 e. The van der Waals surface area contributed by atoms with Crippen molar-refractivity contribution in [3.05, 3.63) is 46.9 Å². The number of methoxy groups -OCH3 is 1. The summed E-state index contributed by atoms with van der Waals surface area (Å²) in [6.07, 6.45) is 1.79. The molecule has 1 atom stereocenters. The Morgan fingerprint density at radius 2 is 2.00 bits per heavy atom. The molecule has 172 valence electrons. The predicted octanol–water partition coefficient (Wildman–Crippen LogP) is 4.49. The molecule has 7 nitrogen and oxygen atoms in total. The molecular formula is C24H24BrN3O4S. The number of benzene rings is 2. The van der Waals surface area contributed by atoms with Crippen molar-refractivity contribution in [3.63, 3.8) is 0 Å². The molecule has 2 aromatic carbocycles. The zero-order valence-corrected chi connectivity index (χ0v) is 20.6. The number of anilines is 1. The molecule has 0 bridgehead atoms. The molecule has 2 aliphatic heterocycles. The predicted molar refractivity (Wildman–Crippen MR) is 131 cm³/mol. The number of piperidine rings is 1. The Morgan fingerprint density at radius 1 is 1.18 bits per heavy atom. The van der Waals surface area contributed by atoms with E-state index >= 15 is 0 Å². The third-order valence-electron chi connectivity index (χ3n) is 6.19. The van der Waals surface area contributed by atoms with E-state index in [-0.39, 0.29) is 30.3 Å². The molecule has 2 aliphatic rings. The second kappa shape index (κ2) is 9.30. The summed E-state index contributed by atoms with van der Waals surface area (Å²) in [5, 5.41) is 0.647. The number of amides is 2. The van der Waals surface area contributed by atoms with Gasteiger partial charge in [-0.3, -0.25) is 9.59 Å². The minimum absolute atomic E-state index is 0.00265. The first-order valence-corrected chi connectivity index (χ1v) is 12.6. The Kier molecular flexibility index (Phi) is 6.25. The highest BCUT2D eigenvalue weighted by Gasteiger charge is 2.38. The molecule has 0 saturated carbocycles. The van der Waals surface area contributed by atoms with Gasteiger partial charge in [0.05, 0.1) is 23.2 Å². The summed E-state index contributed by atoms with van der Waals surface area (Å²) in [6, 6.07) is 13.4. The molecule has 2 fully saturated rings. The van der Waals surface area contributed by atoms with E-state index in [9.17, 15) is 9.59 Å². The van der Waals surface area contributed by atoms with Crippen molar-refractivity contribution in [2.45, 2.75) is 25.4 Å². The van der Waals surface area contributed by atoms with Gasteiger partial charge in [-0.15, -0.1) is 0 Å². The maximum atomic E-state index is 13.1. The summed E-state index contributed by atoms with van der Waals surface area (Å²) in [5.74, 6) is 0.534. The van der Waals surface area contributed by atoms with Crippen LogP contribution < -0.4 is 14.4 Å². The molecule has 1 unspecified atom stereocenters. The van der Waals surface area contributed by atoms with Crippen LogP contribution in [0, 0.1) is 5.92 Å². The normalized spacial score (nSPS) is 19.3. The summed E-state index contributed by atoms with van der Waals surface area (Å²) in [6.45, 7) is 1.69. The van der Waals surface area contributed by atoms with Gasteiger partial charge in [-0.25, -0.2) is 4.98 Å². The summed E-state index contributed by atoms with van der Waals surface area (Å²) >= 11 is 4.97. The molecule has 5 rings (SSSR count). The van der Waals surface area contributed by atoms with E-state index in [4.69, 9.17) is 9.47 Å². The second-order valence-corrected chi connectivity index (χ2v) is 10.3. The fourth-order valence-electron chi connectivity index (χ4n) is 4.42. The fourth-order valence-corrected chi connectivity index (χ4v) is 5.67. The Balaban J connectivity index is 1.16. The second-order valence-electron chi connectivity index (χ2n) is 8.34. The monoisotopic (exact) mass is 529 g/mol. The Bertz CT molecular complexity index is 1190. The third kappa shape index (κ3) is 4.70. The zero-order valence-electron chi connectivity index (χ0n) is 18.2. The van der Waals surface area contributed by atoms with Crippen LogP contribution >= 0.6 is 27.3 Å². The molecule has 0 aliphatic carbocycles. The topological polar surface area (TPSA) is 72.0 Å². The zero-order chi connectivity index (χ0) is 22.9. The quantitative estimate of drug-likeness (QED) is 0.486. The summed E-state index contributed by atoms with van der Waals surface area (Å²) in [4.78, 5) is 33.8. The van der Waals surface area contributed by atoms with Crippen LogP contribution in [0.1, 0.15) is 19.3 Å². The highest BCUT2D eigenvalue weighted by molar-refractivity contribution is 9.10. The lowest BCUT2D eigenvalue weighted by atomic mass is 10.0. The van der Waals surface area contributed by atoms with E-state index in [1.807, 2.05) is 47.4 Å².